The van der Waals surface area contributed by atoms with Crippen LogP contribution in [-0.4, -0.2) is 36.7 Å². The molecule has 0 aliphatic carbocycles. The Morgan fingerprint density at radius 1 is 1.18 bits per heavy atom. The van der Waals surface area contributed by atoms with Crippen molar-refractivity contribution in [1.82, 2.24) is 4.57 Å². The van der Waals surface area contributed by atoms with Crippen molar-refractivity contribution in [2.75, 3.05) is 31.1 Å². The molecule has 1 fully saturated rings. The second kappa shape index (κ2) is 8.15. The number of carbonyl (C=O) groups excluding carboxylic acids is 1. The summed E-state index contributed by atoms with van der Waals surface area (Å²) < 4.78 is 1.97. The SMILES string of the molecule is CCN(C(=O)/C=C/C[NH+]1C[C@@H]2C[C@H](C1)c1cccc(=O)n1C2)c1ccccc1. The number of nitrogens with zero attached hydrogens (tertiary/aromatic N) is 2. The highest BCUT2D eigenvalue weighted by Crippen LogP contribution is 2.29. The summed E-state index contributed by atoms with van der Waals surface area (Å²) in [6.45, 7) is 6.41. The predicted molar refractivity (Wildman–Crippen MR) is 111 cm³/mol. The first-order valence-electron chi connectivity index (χ1n) is 10.2. The molecular weight excluding hydrogens is 350 g/mol. The zero-order valence-electron chi connectivity index (χ0n) is 16.4. The summed E-state index contributed by atoms with van der Waals surface area (Å²) >= 11 is 0. The number of likely N-dealkylation sites (N-methyl/N-ethyl adjacent to an activating group) is 1. The van der Waals surface area contributed by atoms with Gasteiger partial charge in [0.1, 0.15) is 0 Å². The first kappa shape index (κ1) is 18.7. The van der Waals surface area contributed by atoms with E-state index in [0.29, 0.717) is 18.4 Å². The molecule has 3 heterocycles. The Morgan fingerprint density at radius 3 is 2.79 bits per heavy atom. The van der Waals surface area contributed by atoms with E-state index in [1.807, 2.05) is 54.0 Å². The molecule has 0 saturated carbocycles. The van der Waals surface area contributed by atoms with Gasteiger partial charge < -0.3 is 14.4 Å². The van der Waals surface area contributed by atoms with Gasteiger partial charge in [0.15, 0.2) is 0 Å². The molecule has 5 nitrogen and oxygen atoms in total. The maximum absolute atomic E-state index is 12.6. The second-order valence-electron chi connectivity index (χ2n) is 7.88. The van der Waals surface area contributed by atoms with Crippen LogP contribution in [0.3, 0.4) is 0 Å². The van der Waals surface area contributed by atoms with Crippen LogP contribution in [0.15, 0.2) is 65.5 Å². The van der Waals surface area contributed by atoms with Crippen molar-refractivity contribution >= 4 is 11.6 Å². The summed E-state index contributed by atoms with van der Waals surface area (Å²) in [4.78, 5) is 28.0. The fraction of sp³-hybridized carbons (Fsp3) is 0.391. The van der Waals surface area contributed by atoms with Gasteiger partial charge in [-0.1, -0.05) is 24.3 Å². The first-order valence-corrected chi connectivity index (χ1v) is 10.2. The number of para-hydroxylation sites is 1. The smallest absolute Gasteiger partial charge is 0.250 e. The molecule has 2 aromatic rings. The number of hydrogen-bond acceptors (Lipinski definition) is 2. The normalized spacial score (nSPS) is 23.4. The molecule has 1 aromatic heterocycles. The average Bonchev–Trinajstić information content (AvgIpc) is 2.70. The van der Waals surface area contributed by atoms with E-state index >= 15 is 0 Å². The minimum atomic E-state index is 0.0298. The Bertz CT molecular complexity index is 919. The van der Waals surface area contributed by atoms with E-state index in [-0.39, 0.29) is 11.5 Å². The van der Waals surface area contributed by atoms with Gasteiger partial charge in [-0.25, -0.2) is 0 Å². The molecule has 28 heavy (non-hydrogen) atoms. The molecule has 1 N–H and O–H groups in total. The number of amides is 1. The fourth-order valence-electron chi connectivity index (χ4n) is 4.78. The molecule has 4 rings (SSSR count). The van der Waals surface area contributed by atoms with E-state index in [4.69, 9.17) is 0 Å². The molecule has 1 aromatic carbocycles. The number of benzene rings is 1. The lowest BCUT2D eigenvalue weighted by atomic mass is 9.83. The van der Waals surface area contributed by atoms with Gasteiger partial charge in [0.2, 0.25) is 0 Å². The van der Waals surface area contributed by atoms with Gasteiger partial charge in [-0.2, -0.15) is 0 Å². The average molecular weight is 378 g/mol. The Morgan fingerprint density at radius 2 is 2.00 bits per heavy atom. The van der Waals surface area contributed by atoms with Crippen LogP contribution in [0.4, 0.5) is 5.69 Å². The lowest BCUT2D eigenvalue weighted by Crippen LogP contribution is -3.14. The van der Waals surface area contributed by atoms with E-state index in [0.717, 1.165) is 31.9 Å². The molecule has 1 unspecified atom stereocenters. The number of anilines is 1. The molecule has 2 bridgehead atoms. The Labute approximate surface area is 165 Å². The molecule has 1 saturated heterocycles. The number of piperidine rings is 1. The number of pyridine rings is 1. The standard InChI is InChI=1S/C23H27N3O2/c1-2-25(20-8-4-3-5-9-20)22(27)12-7-13-24-15-18-14-19(17-24)21-10-6-11-23(28)26(21)16-18/h3-12,18-19H,2,13-17H2,1H3/p+1/b12-7+/t18-,19+/m0/s1. The third-order valence-corrected chi connectivity index (χ3v) is 5.99. The summed E-state index contributed by atoms with van der Waals surface area (Å²) in [7, 11) is 0. The maximum atomic E-state index is 12.6. The van der Waals surface area contributed by atoms with Gasteiger partial charge in [0.05, 0.1) is 19.6 Å². The quantitative estimate of drug-likeness (QED) is 0.801. The van der Waals surface area contributed by atoms with Crippen LogP contribution in [0.2, 0.25) is 0 Å². The number of nitrogens with one attached hydrogen (secondary N) is 1. The topological polar surface area (TPSA) is 46.8 Å². The van der Waals surface area contributed by atoms with Crippen molar-refractivity contribution in [3.8, 4) is 0 Å². The molecule has 0 spiro atoms. The lowest BCUT2D eigenvalue weighted by Gasteiger charge is -2.40. The number of likely N-dealkylation sites (tertiary alicyclic amines) is 1. The molecule has 2 aliphatic heterocycles. The summed E-state index contributed by atoms with van der Waals surface area (Å²) in [6, 6.07) is 15.4. The van der Waals surface area contributed by atoms with Gasteiger partial charge in [0, 0.05) is 48.4 Å². The molecule has 146 valence electrons. The van der Waals surface area contributed by atoms with Crippen LogP contribution in [0, 0.1) is 5.92 Å². The third-order valence-electron chi connectivity index (χ3n) is 5.99. The first-order chi connectivity index (χ1) is 13.7. The van der Waals surface area contributed by atoms with Gasteiger partial charge >= 0.3 is 0 Å². The third kappa shape index (κ3) is 3.80. The van der Waals surface area contributed by atoms with Crippen LogP contribution in [0.1, 0.15) is 25.0 Å². The summed E-state index contributed by atoms with van der Waals surface area (Å²) in [5.74, 6) is 1.01. The van der Waals surface area contributed by atoms with Crippen molar-refractivity contribution in [1.29, 1.82) is 0 Å². The number of fused-ring (bicyclic) bond motifs is 4. The van der Waals surface area contributed by atoms with Gasteiger partial charge in [-0.15, -0.1) is 0 Å². The van der Waals surface area contributed by atoms with Crippen LogP contribution in [0.5, 0.6) is 0 Å². The summed E-state index contributed by atoms with van der Waals surface area (Å²) in [5.41, 5.74) is 2.24. The maximum Gasteiger partial charge on any atom is 0.250 e. The largest absolute Gasteiger partial charge is 0.331 e. The highest BCUT2D eigenvalue weighted by atomic mass is 16.2. The molecule has 5 heteroatoms. The molecule has 1 amide bonds. The number of quaternary nitrogens is 1. The van der Waals surface area contributed by atoms with Crippen LogP contribution in [-0.2, 0) is 11.3 Å². The highest BCUT2D eigenvalue weighted by molar-refractivity contribution is 6.01. The molecule has 3 atom stereocenters. The van der Waals surface area contributed by atoms with E-state index in [1.165, 1.54) is 17.0 Å². The van der Waals surface area contributed by atoms with Crippen LogP contribution in [0.25, 0.3) is 0 Å². The van der Waals surface area contributed by atoms with Gasteiger partial charge in [0.25, 0.3) is 11.5 Å². The van der Waals surface area contributed by atoms with E-state index < -0.39 is 0 Å². The minimum absolute atomic E-state index is 0.0298. The molecule has 2 aliphatic rings. The zero-order valence-corrected chi connectivity index (χ0v) is 16.4. The monoisotopic (exact) mass is 378 g/mol. The summed E-state index contributed by atoms with van der Waals surface area (Å²) in [6.07, 6.45) is 4.90. The zero-order chi connectivity index (χ0) is 19.5. The Balaban J connectivity index is 1.39. The summed E-state index contributed by atoms with van der Waals surface area (Å²) in [5, 5.41) is 0. The number of hydrogen-bond donors (Lipinski definition) is 1. The van der Waals surface area contributed by atoms with Crippen molar-refractivity contribution in [3.63, 3.8) is 0 Å². The van der Waals surface area contributed by atoms with Crippen molar-refractivity contribution in [2.45, 2.75) is 25.8 Å². The van der Waals surface area contributed by atoms with E-state index in [1.54, 1.807) is 17.0 Å². The van der Waals surface area contributed by atoms with Crippen molar-refractivity contribution < 1.29 is 9.69 Å². The van der Waals surface area contributed by atoms with Gasteiger partial charge in [-0.3, -0.25) is 9.59 Å². The Kier molecular flexibility index (Phi) is 5.44. The number of carbonyl (C=O) groups is 1. The van der Waals surface area contributed by atoms with Crippen LogP contribution < -0.4 is 15.4 Å². The highest BCUT2D eigenvalue weighted by Gasteiger charge is 2.36. The number of rotatable bonds is 5. The molecular formula is C23H28N3O2+. The lowest BCUT2D eigenvalue weighted by molar-refractivity contribution is -0.905. The number of aromatic nitrogens is 1. The van der Waals surface area contributed by atoms with Crippen LogP contribution >= 0.6 is 0 Å². The minimum Gasteiger partial charge on any atom is -0.331 e. The van der Waals surface area contributed by atoms with Crippen molar-refractivity contribution in [2.24, 2.45) is 5.92 Å². The second-order valence-corrected chi connectivity index (χ2v) is 7.88. The molecule has 0 radical (unpaired) electrons. The Hall–Kier alpha value is -2.66. The predicted octanol–water partition coefficient (Wildman–Crippen LogP) is 1.46. The van der Waals surface area contributed by atoms with E-state index in [9.17, 15) is 9.59 Å². The van der Waals surface area contributed by atoms with E-state index in [2.05, 4.69) is 6.07 Å². The van der Waals surface area contributed by atoms with Crippen molar-refractivity contribution in [3.05, 3.63) is 76.7 Å². The van der Waals surface area contributed by atoms with Gasteiger partial charge in [-0.05, 0) is 37.6 Å². The fourth-order valence-corrected chi connectivity index (χ4v) is 4.78.